The molecule has 2 heterocycles. The van der Waals surface area contributed by atoms with Crippen molar-refractivity contribution in [3.63, 3.8) is 0 Å². The number of nitrogens with zero attached hydrogens (tertiary/aromatic N) is 1. The molecule has 0 amide bonds. The summed E-state index contributed by atoms with van der Waals surface area (Å²) < 4.78 is 0. The number of piperidine rings is 1. The number of carbonyl (C=O) groups excluding carboxylic acids is 1. The molecule has 2 rings (SSSR count). The van der Waals surface area contributed by atoms with Crippen LogP contribution in [0.4, 0.5) is 0 Å². The van der Waals surface area contributed by atoms with Crippen molar-refractivity contribution in [3.8, 4) is 0 Å². The Balaban J connectivity index is 2.22. The van der Waals surface area contributed by atoms with Crippen molar-refractivity contribution < 1.29 is 9.90 Å². The van der Waals surface area contributed by atoms with Crippen LogP contribution in [-0.2, 0) is 4.79 Å². The van der Waals surface area contributed by atoms with Gasteiger partial charge in [0.1, 0.15) is 5.78 Å². The first-order valence-electron chi connectivity index (χ1n) is 5.04. The third-order valence-electron chi connectivity index (χ3n) is 3.64. The van der Waals surface area contributed by atoms with E-state index in [1.54, 1.807) is 6.92 Å². The van der Waals surface area contributed by atoms with Gasteiger partial charge in [0.15, 0.2) is 0 Å². The van der Waals surface area contributed by atoms with Crippen LogP contribution < -0.4 is 0 Å². The number of carbonyl (C=O) groups is 1. The highest BCUT2D eigenvalue weighted by Gasteiger charge is 2.46. The molecule has 0 aliphatic carbocycles. The molecule has 2 aliphatic rings. The first-order chi connectivity index (χ1) is 6.11. The Morgan fingerprint density at radius 3 is 2.85 bits per heavy atom. The molecular formula is C10H17NO2. The highest BCUT2D eigenvalue weighted by molar-refractivity contribution is 5.84. The number of aliphatic hydroxyl groups excluding tert-OH is 1. The van der Waals surface area contributed by atoms with Gasteiger partial charge in [-0.3, -0.25) is 9.69 Å². The molecule has 2 saturated heterocycles. The summed E-state index contributed by atoms with van der Waals surface area (Å²) in [5.74, 6) is 0.129. The molecule has 0 aromatic heterocycles. The monoisotopic (exact) mass is 183 g/mol. The third-order valence-corrected chi connectivity index (χ3v) is 3.64. The number of fused-ring (bicyclic) bond motifs is 2. The number of aliphatic hydroxyl groups is 1. The van der Waals surface area contributed by atoms with E-state index in [1.165, 1.54) is 0 Å². The minimum atomic E-state index is -0.487. The van der Waals surface area contributed by atoms with Crippen molar-refractivity contribution in [2.24, 2.45) is 5.92 Å². The zero-order valence-corrected chi connectivity index (χ0v) is 8.23. The molecule has 0 spiro atoms. The van der Waals surface area contributed by atoms with Gasteiger partial charge in [-0.15, -0.1) is 0 Å². The number of ketones is 1. The number of Topliss-reactive ketones (excluding diaryl/α,β-unsaturated/α-hetero) is 1. The van der Waals surface area contributed by atoms with Gasteiger partial charge in [0.25, 0.3) is 0 Å². The van der Waals surface area contributed by atoms with Gasteiger partial charge in [-0.05, 0) is 26.8 Å². The van der Waals surface area contributed by atoms with E-state index >= 15 is 0 Å². The minimum Gasteiger partial charge on any atom is -0.393 e. The molecule has 0 unspecified atom stereocenters. The number of rotatable bonds is 1. The van der Waals surface area contributed by atoms with Crippen molar-refractivity contribution in [2.45, 2.75) is 44.4 Å². The average Bonchev–Trinajstić information content (AvgIpc) is 2.34. The summed E-state index contributed by atoms with van der Waals surface area (Å²) in [6.07, 6.45) is 2.35. The van der Waals surface area contributed by atoms with Crippen LogP contribution in [0.15, 0.2) is 0 Å². The van der Waals surface area contributed by atoms with Crippen LogP contribution in [0.25, 0.3) is 0 Å². The maximum Gasteiger partial charge on any atom is 0.141 e. The van der Waals surface area contributed by atoms with Crippen LogP contribution in [-0.4, -0.2) is 41.0 Å². The highest BCUT2D eigenvalue weighted by Crippen LogP contribution is 2.37. The molecule has 2 fully saturated rings. The predicted molar refractivity (Wildman–Crippen MR) is 49.4 cm³/mol. The Hall–Kier alpha value is -0.410. The smallest absolute Gasteiger partial charge is 0.141 e. The summed E-state index contributed by atoms with van der Waals surface area (Å²) in [4.78, 5) is 13.9. The van der Waals surface area contributed by atoms with Crippen LogP contribution >= 0.6 is 0 Å². The van der Waals surface area contributed by atoms with Crippen molar-refractivity contribution in [1.82, 2.24) is 4.90 Å². The lowest BCUT2D eigenvalue weighted by Crippen LogP contribution is -2.50. The van der Waals surface area contributed by atoms with Gasteiger partial charge < -0.3 is 5.11 Å². The molecule has 2 bridgehead atoms. The van der Waals surface area contributed by atoms with Gasteiger partial charge in [0.05, 0.1) is 12.0 Å². The highest BCUT2D eigenvalue weighted by atomic mass is 16.3. The molecule has 13 heavy (non-hydrogen) atoms. The van der Waals surface area contributed by atoms with E-state index in [0.717, 1.165) is 12.8 Å². The standard InChI is InChI=1S/C10H17NO2/c1-6(12)10-8-4-3-7(11(8)2)5-9(10)13/h6-8,10,12H,3-5H2,1-2H3/t6-,7-,8+,10+/m1/s1. The summed E-state index contributed by atoms with van der Waals surface area (Å²) in [5.41, 5.74) is 0. The van der Waals surface area contributed by atoms with Crippen LogP contribution in [0.5, 0.6) is 0 Å². The Kier molecular flexibility index (Phi) is 2.16. The minimum absolute atomic E-state index is 0.135. The second kappa shape index (κ2) is 3.07. The van der Waals surface area contributed by atoms with E-state index in [1.807, 2.05) is 0 Å². The molecule has 3 heteroatoms. The van der Waals surface area contributed by atoms with Crippen LogP contribution in [0.1, 0.15) is 26.2 Å². The van der Waals surface area contributed by atoms with Gasteiger partial charge >= 0.3 is 0 Å². The van der Waals surface area contributed by atoms with Gasteiger partial charge in [-0.25, -0.2) is 0 Å². The lowest BCUT2D eigenvalue weighted by molar-refractivity contribution is -0.133. The molecule has 0 saturated carbocycles. The van der Waals surface area contributed by atoms with E-state index in [4.69, 9.17) is 0 Å². The first-order valence-corrected chi connectivity index (χ1v) is 5.04. The lowest BCUT2D eigenvalue weighted by Gasteiger charge is -2.37. The van der Waals surface area contributed by atoms with Gasteiger partial charge in [-0.1, -0.05) is 0 Å². The van der Waals surface area contributed by atoms with Crippen LogP contribution in [0, 0.1) is 5.92 Å². The normalized spacial score (nSPS) is 42.4. The molecule has 1 N–H and O–H groups in total. The lowest BCUT2D eigenvalue weighted by atomic mass is 9.85. The van der Waals surface area contributed by atoms with E-state index in [2.05, 4.69) is 11.9 Å². The molecule has 4 atom stereocenters. The van der Waals surface area contributed by atoms with Crippen molar-refractivity contribution in [3.05, 3.63) is 0 Å². The molecule has 2 aliphatic heterocycles. The summed E-state index contributed by atoms with van der Waals surface area (Å²) in [6, 6.07) is 0.749. The molecule has 0 aromatic carbocycles. The maximum atomic E-state index is 11.7. The van der Waals surface area contributed by atoms with Gasteiger partial charge in [0, 0.05) is 18.5 Å². The van der Waals surface area contributed by atoms with Crippen molar-refractivity contribution >= 4 is 5.78 Å². The van der Waals surface area contributed by atoms with Gasteiger partial charge in [0.2, 0.25) is 0 Å². The van der Waals surface area contributed by atoms with E-state index in [0.29, 0.717) is 18.5 Å². The number of hydrogen-bond acceptors (Lipinski definition) is 3. The van der Waals surface area contributed by atoms with Gasteiger partial charge in [-0.2, -0.15) is 0 Å². The number of hydrogen-bond donors (Lipinski definition) is 1. The molecule has 3 nitrogen and oxygen atoms in total. The largest absolute Gasteiger partial charge is 0.393 e. The second-order valence-corrected chi connectivity index (χ2v) is 4.40. The predicted octanol–water partition coefficient (Wildman–Crippen LogP) is 0.419. The zero-order valence-electron chi connectivity index (χ0n) is 8.23. The Morgan fingerprint density at radius 1 is 1.54 bits per heavy atom. The van der Waals surface area contributed by atoms with E-state index in [9.17, 15) is 9.90 Å². The van der Waals surface area contributed by atoms with E-state index < -0.39 is 6.10 Å². The summed E-state index contributed by atoms with van der Waals surface area (Å²) >= 11 is 0. The summed E-state index contributed by atoms with van der Waals surface area (Å²) in [7, 11) is 2.07. The fourth-order valence-electron chi connectivity index (χ4n) is 2.89. The average molecular weight is 183 g/mol. The molecular weight excluding hydrogens is 166 g/mol. The summed E-state index contributed by atoms with van der Waals surface area (Å²) in [6.45, 7) is 1.73. The Bertz CT molecular complexity index is 227. The zero-order chi connectivity index (χ0) is 9.59. The molecule has 0 radical (unpaired) electrons. The SMILES string of the molecule is C[C@@H](O)[C@@H]1C(=O)C[C@H]2CC[C@@H]1N2C. The Labute approximate surface area is 78.7 Å². The molecule has 74 valence electrons. The summed E-state index contributed by atoms with van der Waals surface area (Å²) in [5, 5.41) is 9.54. The second-order valence-electron chi connectivity index (χ2n) is 4.40. The fraction of sp³-hybridized carbons (Fsp3) is 0.900. The van der Waals surface area contributed by atoms with Crippen LogP contribution in [0.2, 0.25) is 0 Å². The quantitative estimate of drug-likeness (QED) is 0.640. The first kappa shape index (κ1) is 9.16. The van der Waals surface area contributed by atoms with E-state index in [-0.39, 0.29) is 11.7 Å². The molecule has 0 aromatic rings. The Morgan fingerprint density at radius 2 is 2.23 bits per heavy atom. The fourth-order valence-corrected chi connectivity index (χ4v) is 2.89. The van der Waals surface area contributed by atoms with Crippen molar-refractivity contribution in [2.75, 3.05) is 7.05 Å². The maximum absolute atomic E-state index is 11.7. The van der Waals surface area contributed by atoms with Crippen LogP contribution in [0.3, 0.4) is 0 Å². The third kappa shape index (κ3) is 1.30. The topological polar surface area (TPSA) is 40.5 Å². The van der Waals surface area contributed by atoms with Crippen molar-refractivity contribution in [1.29, 1.82) is 0 Å².